The van der Waals surface area contributed by atoms with Crippen LogP contribution in [-0.4, -0.2) is 53.8 Å². The molecule has 2 heterocycles. The molecule has 0 bridgehead atoms. The molecule has 0 spiro atoms. The predicted molar refractivity (Wildman–Crippen MR) is 113 cm³/mol. The highest BCUT2D eigenvalue weighted by Crippen LogP contribution is 2.20. The first-order valence-corrected chi connectivity index (χ1v) is 9.91. The normalized spacial score (nSPS) is 14.0. The molecule has 4 rings (SSSR count). The molecule has 6 heteroatoms. The van der Waals surface area contributed by atoms with Gasteiger partial charge in [-0.2, -0.15) is 0 Å². The number of hydrogen-bond acceptors (Lipinski definition) is 5. The molecule has 1 aliphatic rings. The zero-order valence-electron chi connectivity index (χ0n) is 16.5. The molecule has 1 saturated heterocycles. The van der Waals surface area contributed by atoms with Gasteiger partial charge in [-0.25, -0.2) is 0 Å². The van der Waals surface area contributed by atoms with E-state index in [1.54, 1.807) is 0 Å². The highest BCUT2D eigenvalue weighted by atomic mass is 16.5. The Hall–Kier alpha value is -3.41. The molecule has 3 aromatic rings. The second-order valence-electron chi connectivity index (χ2n) is 6.88. The Morgan fingerprint density at radius 3 is 2.24 bits per heavy atom. The third kappa shape index (κ3) is 4.37. The van der Waals surface area contributed by atoms with E-state index in [0.717, 1.165) is 35.9 Å². The highest BCUT2D eigenvalue weighted by Gasteiger charge is 2.23. The summed E-state index contributed by atoms with van der Waals surface area (Å²) in [4.78, 5) is 16.8. The molecule has 0 aliphatic carbocycles. The minimum atomic E-state index is 0.0539. The fraction of sp³-hybridized carbons (Fsp3) is 0.261. The number of rotatable bonds is 5. The number of aromatic nitrogens is 2. The molecule has 2 aromatic carbocycles. The van der Waals surface area contributed by atoms with E-state index in [2.05, 4.69) is 15.1 Å². The van der Waals surface area contributed by atoms with Crippen molar-refractivity contribution in [3.8, 4) is 17.0 Å². The largest absolute Gasteiger partial charge is 0.494 e. The maximum atomic E-state index is 12.8. The van der Waals surface area contributed by atoms with Crippen molar-refractivity contribution in [1.29, 1.82) is 0 Å². The van der Waals surface area contributed by atoms with Gasteiger partial charge in [-0.3, -0.25) is 4.79 Å². The van der Waals surface area contributed by atoms with E-state index in [4.69, 9.17) is 4.74 Å². The van der Waals surface area contributed by atoms with Crippen LogP contribution in [0.3, 0.4) is 0 Å². The Morgan fingerprint density at radius 2 is 1.62 bits per heavy atom. The number of benzene rings is 2. The van der Waals surface area contributed by atoms with Crippen molar-refractivity contribution in [3.05, 3.63) is 72.3 Å². The fourth-order valence-electron chi connectivity index (χ4n) is 3.44. The average Bonchev–Trinajstić information content (AvgIpc) is 2.80. The zero-order valence-corrected chi connectivity index (χ0v) is 16.5. The molecular weight excluding hydrogens is 364 g/mol. The van der Waals surface area contributed by atoms with Crippen LogP contribution in [0.15, 0.2) is 66.7 Å². The summed E-state index contributed by atoms with van der Waals surface area (Å²) in [6.45, 7) is 5.36. The van der Waals surface area contributed by atoms with E-state index in [1.165, 1.54) is 0 Å². The smallest absolute Gasteiger partial charge is 0.253 e. The topological polar surface area (TPSA) is 58.6 Å². The number of anilines is 1. The van der Waals surface area contributed by atoms with Gasteiger partial charge in [0.25, 0.3) is 5.91 Å². The summed E-state index contributed by atoms with van der Waals surface area (Å²) in [7, 11) is 0. The number of carbonyl (C=O) groups excluding carboxylic acids is 1. The number of ether oxygens (including phenoxy) is 1. The number of carbonyl (C=O) groups is 1. The van der Waals surface area contributed by atoms with E-state index in [0.29, 0.717) is 25.3 Å². The first-order valence-electron chi connectivity index (χ1n) is 9.91. The Bertz CT molecular complexity index is 935. The van der Waals surface area contributed by atoms with Crippen molar-refractivity contribution in [2.24, 2.45) is 0 Å². The van der Waals surface area contributed by atoms with Crippen LogP contribution in [0.25, 0.3) is 11.3 Å². The molecule has 0 saturated carbocycles. The summed E-state index contributed by atoms with van der Waals surface area (Å²) in [6.07, 6.45) is 0. The quantitative estimate of drug-likeness (QED) is 0.670. The van der Waals surface area contributed by atoms with Crippen LogP contribution in [0.1, 0.15) is 17.3 Å². The second kappa shape index (κ2) is 8.73. The maximum absolute atomic E-state index is 12.8. The van der Waals surface area contributed by atoms with E-state index in [9.17, 15) is 4.79 Å². The van der Waals surface area contributed by atoms with Crippen molar-refractivity contribution >= 4 is 11.7 Å². The molecule has 0 atom stereocenters. The highest BCUT2D eigenvalue weighted by molar-refractivity contribution is 5.94. The summed E-state index contributed by atoms with van der Waals surface area (Å²) >= 11 is 0. The lowest BCUT2D eigenvalue weighted by Crippen LogP contribution is -2.49. The van der Waals surface area contributed by atoms with Crippen LogP contribution in [-0.2, 0) is 0 Å². The first kappa shape index (κ1) is 18.9. The van der Waals surface area contributed by atoms with Gasteiger partial charge in [0.15, 0.2) is 5.82 Å². The van der Waals surface area contributed by atoms with Crippen molar-refractivity contribution in [1.82, 2.24) is 15.1 Å². The molecule has 0 radical (unpaired) electrons. The van der Waals surface area contributed by atoms with Crippen molar-refractivity contribution in [3.63, 3.8) is 0 Å². The Labute approximate surface area is 170 Å². The molecular formula is C23H24N4O2. The van der Waals surface area contributed by atoms with Crippen LogP contribution in [0, 0.1) is 0 Å². The molecule has 148 valence electrons. The van der Waals surface area contributed by atoms with Crippen molar-refractivity contribution in [2.75, 3.05) is 37.7 Å². The Morgan fingerprint density at radius 1 is 0.897 bits per heavy atom. The number of amides is 1. The van der Waals surface area contributed by atoms with E-state index in [-0.39, 0.29) is 5.91 Å². The van der Waals surface area contributed by atoms with Gasteiger partial charge in [-0.1, -0.05) is 30.3 Å². The van der Waals surface area contributed by atoms with Crippen molar-refractivity contribution in [2.45, 2.75) is 6.92 Å². The molecule has 1 fully saturated rings. The molecule has 1 aromatic heterocycles. The molecule has 0 unspecified atom stereocenters. The number of hydrogen-bond donors (Lipinski definition) is 0. The third-order valence-electron chi connectivity index (χ3n) is 5.02. The van der Waals surface area contributed by atoms with E-state index < -0.39 is 0 Å². The standard InChI is InChI=1S/C23H24N4O2/c1-2-29-20-10-8-19(9-11-20)23(28)27-16-14-26(15-17-27)22-13-12-21(24-25-22)18-6-4-3-5-7-18/h3-13H,2,14-17H2,1H3. The van der Waals surface area contributed by atoms with Crippen LogP contribution in [0.4, 0.5) is 5.82 Å². The summed E-state index contributed by atoms with van der Waals surface area (Å²) < 4.78 is 5.44. The van der Waals surface area contributed by atoms with Gasteiger partial charge in [0, 0.05) is 37.3 Å². The molecule has 0 N–H and O–H groups in total. The molecule has 6 nitrogen and oxygen atoms in total. The van der Waals surface area contributed by atoms with Crippen LogP contribution < -0.4 is 9.64 Å². The summed E-state index contributed by atoms with van der Waals surface area (Å²) in [5.74, 6) is 1.68. The first-order chi connectivity index (χ1) is 14.2. The number of nitrogens with zero attached hydrogens (tertiary/aromatic N) is 4. The lowest BCUT2D eigenvalue weighted by atomic mass is 10.1. The minimum absolute atomic E-state index is 0.0539. The Kier molecular flexibility index (Phi) is 5.70. The SMILES string of the molecule is CCOc1ccc(C(=O)N2CCN(c3ccc(-c4ccccc4)nn3)CC2)cc1. The minimum Gasteiger partial charge on any atom is -0.494 e. The van der Waals surface area contributed by atoms with Gasteiger partial charge >= 0.3 is 0 Å². The molecule has 1 amide bonds. The molecule has 29 heavy (non-hydrogen) atoms. The second-order valence-corrected chi connectivity index (χ2v) is 6.88. The summed E-state index contributed by atoms with van der Waals surface area (Å²) in [5.41, 5.74) is 2.60. The average molecular weight is 388 g/mol. The van der Waals surface area contributed by atoms with Gasteiger partial charge in [-0.15, -0.1) is 10.2 Å². The third-order valence-corrected chi connectivity index (χ3v) is 5.02. The predicted octanol–water partition coefficient (Wildman–Crippen LogP) is 3.50. The lowest BCUT2D eigenvalue weighted by molar-refractivity contribution is 0.0746. The van der Waals surface area contributed by atoms with Crippen LogP contribution >= 0.6 is 0 Å². The number of piperazine rings is 1. The Balaban J connectivity index is 1.36. The van der Waals surface area contributed by atoms with Crippen molar-refractivity contribution < 1.29 is 9.53 Å². The maximum Gasteiger partial charge on any atom is 0.253 e. The monoisotopic (exact) mass is 388 g/mol. The lowest BCUT2D eigenvalue weighted by Gasteiger charge is -2.35. The van der Waals surface area contributed by atoms with Gasteiger partial charge in [0.2, 0.25) is 0 Å². The van der Waals surface area contributed by atoms with Gasteiger partial charge < -0.3 is 14.5 Å². The van der Waals surface area contributed by atoms with Gasteiger partial charge in [0.05, 0.1) is 12.3 Å². The van der Waals surface area contributed by atoms with Gasteiger partial charge in [-0.05, 0) is 43.3 Å². The summed E-state index contributed by atoms with van der Waals surface area (Å²) in [6, 6.07) is 21.4. The fourth-order valence-corrected chi connectivity index (χ4v) is 3.44. The zero-order chi connectivity index (χ0) is 20.1. The van der Waals surface area contributed by atoms with Gasteiger partial charge in [0.1, 0.15) is 5.75 Å². The van der Waals surface area contributed by atoms with E-state index in [1.807, 2.05) is 78.6 Å². The summed E-state index contributed by atoms with van der Waals surface area (Å²) in [5, 5.41) is 8.76. The van der Waals surface area contributed by atoms with E-state index >= 15 is 0 Å². The molecule has 1 aliphatic heterocycles. The van der Waals surface area contributed by atoms with Crippen LogP contribution in [0.5, 0.6) is 5.75 Å². The van der Waals surface area contributed by atoms with Crippen LogP contribution in [0.2, 0.25) is 0 Å².